The summed E-state index contributed by atoms with van der Waals surface area (Å²) in [5.74, 6) is 0.595. The highest BCUT2D eigenvalue weighted by molar-refractivity contribution is 7.17. The Balaban J connectivity index is 1.77. The van der Waals surface area contributed by atoms with Crippen LogP contribution in [0.2, 0.25) is 0 Å². The zero-order chi connectivity index (χ0) is 21.2. The van der Waals surface area contributed by atoms with E-state index < -0.39 is 18.7 Å². The average Bonchev–Trinajstić information content (AvgIpc) is 3.25. The molecule has 0 fully saturated rings. The molecule has 3 aromatic rings. The van der Waals surface area contributed by atoms with Crippen molar-refractivity contribution < 1.29 is 27.1 Å². The fourth-order valence-corrected chi connectivity index (χ4v) is 3.35. The summed E-state index contributed by atoms with van der Waals surface area (Å²) in [5, 5.41) is 12.3. The minimum absolute atomic E-state index is 0.125. The molecule has 2 heterocycles. The number of furan rings is 1. The molecule has 29 heavy (non-hydrogen) atoms. The summed E-state index contributed by atoms with van der Waals surface area (Å²) in [6.07, 6.45) is -4.52. The third kappa shape index (κ3) is 4.94. The number of nitrogens with one attached hydrogen (secondary N) is 1. The number of nitrogens with zero attached hydrogens (tertiary/aromatic N) is 2. The van der Waals surface area contributed by atoms with Crippen LogP contribution in [0.5, 0.6) is 5.75 Å². The zero-order valence-corrected chi connectivity index (χ0v) is 16.1. The van der Waals surface area contributed by atoms with Gasteiger partial charge in [0.25, 0.3) is 5.91 Å². The number of anilines is 1. The largest absolute Gasteiger partial charge is 0.483 e. The van der Waals surface area contributed by atoms with Crippen molar-refractivity contribution in [3.05, 3.63) is 52.2 Å². The molecule has 2 aromatic heterocycles. The first-order chi connectivity index (χ1) is 13.7. The molecule has 0 spiro atoms. The van der Waals surface area contributed by atoms with Gasteiger partial charge in [0.15, 0.2) is 17.4 Å². The van der Waals surface area contributed by atoms with Gasteiger partial charge in [-0.2, -0.15) is 18.4 Å². The molecule has 10 heteroatoms. The Bertz CT molecular complexity index is 1100. The van der Waals surface area contributed by atoms with E-state index >= 15 is 0 Å². The third-order valence-corrected chi connectivity index (χ3v) is 4.87. The molecule has 0 radical (unpaired) electrons. The summed E-state index contributed by atoms with van der Waals surface area (Å²) in [6.45, 7) is 1.97. The molecule has 0 bridgehead atoms. The molecule has 0 saturated heterocycles. The van der Waals surface area contributed by atoms with Crippen LogP contribution in [-0.2, 0) is 0 Å². The lowest BCUT2D eigenvalue weighted by atomic mass is 10.2. The Morgan fingerprint density at radius 2 is 2.07 bits per heavy atom. The van der Waals surface area contributed by atoms with Gasteiger partial charge in [-0.3, -0.25) is 4.79 Å². The second-order valence-corrected chi connectivity index (χ2v) is 7.02. The number of nitriles is 1. The maximum atomic E-state index is 12.6. The first-order valence-corrected chi connectivity index (χ1v) is 9.07. The third-order valence-electron chi connectivity index (χ3n) is 3.70. The first kappa shape index (κ1) is 20.4. The Morgan fingerprint density at radius 1 is 1.31 bits per heavy atom. The molecular formula is C19H14F3N3O3S. The van der Waals surface area contributed by atoms with Crippen molar-refractivity contribution in [3.8, 4) is 22.6 Å². The number of thiazole rings is 1. The number of aryl methyl sites for hydroxylation is 2. The van der Waals surface area contributed by atoms with Gasteiger partial charge in [0.1, 0.15) is 22.5 Å². The monoisotopic (exact) mass is 421 g/mol. The summed E-state index contributed by atoms with van der Waals surface area (Å²) < 4.78 is 47.1. The van der Waals surface area contributed by atoms with Gasteiger partial charge in [0.05, 0.1) is 11.3 Å². The molecule has 0 aliphatic rings. The van der Waals surface area contributed by atoms with Gasteiger partial charge in [-0.05, 0) is 44.2 Å². The lowest BCUT2D eigenvalue weighted by molar-refractivity contribution is -0.153. The molecule has 3 rings (SSSR count). The van der Waals surface area contributed by atoms with Crippen molar-refractivity contribution >= 4 is 22.9 Å². The number of alkyl halides is 3. The van der Waals surface area contributed by atoms with Crippen LogP contribution in [-0.4, -0.2) is 23.7 Å². The van der Waals surface area contributed by atoms with E-state index in [-0.39, 0.29) is 17.0 Å². The summed E-state index contributed by atoms with van der Waals surface area (Å²) in [6, 6.07) is 9.12. The second-order valence-electron chi connectivity index (χ2n) is 6.02. The SMILES string of the molecule is Cc1ccc(-c2nc(C)c(C(=O)Nc3ccc(OCC(F)(F)F)c(C#N)c3)s2)o1. The predicted molar refractivity (Wildman–Crippen MR) is 100.0 cm³/mol. The quantitative estimate of drug-likeness (QED) is 0.620. The number of carbonyl (C=O) groups excluding carboxylic acids is 1. The fraction of sp³-hybridized carbons (Fsp3) is 0.211. The van der Waals surface area contributed by atoms with Crippen molar-refractivity contribution in [1.82, 2.24) is 4.98 Å². The summed E-state index contributed by atoms with van der Waals surface area (Å²) >= 11 is 1.15. The summed E-state index contributed by atoms with van der Waals surface area (Å²) in [5.41, 5.74) is 0.621. The van der Waals surface area contributed by atoms with E-state index in [4.69, 9.17) is 9.68 Å². The molecule has 1 amide bonds. The van der Waals surface area contributed by atoms with Gasteiger partial charge < -0.3 is 14.5 Å². The first-order valence-electron chi connectivity index (χ1n) is 8.25. The highest BCUT2D eigenvalue weighted by Gasteiger charge is 2.29. The van der Waals surface area contributed by atoms with E-state index in [1.807, 2.05) is 0 Å². The van der Waals surface area contributed by atoms with Gasteiger partial charge in [-0.1, -0.05) is 0 Å². The minimum atomic E-state index is -4.52. The van der Waals surface area contributed by atoms with Crippen LogP contribution in [0.15, 0.2) is 34.7 Å². The van der Waals surface area contributed by atoms with Gasteiger partial charge in [0.2, 0.25) is 0 Å². The van der Waals surface area contributed by atoms with Gasteiger partial charge in [-0.15, -0.1) is 11.3 Å². The normalized spacial score (nSPS) is 11.2. The molecule has 6 nitrogen and oxygen atoms in total. The van der Waals surface area contributed by atoms with Crippen molar-refractivity contribution in [2.24, 2.45) is 0 Å². The van der Waals surface area contributed by atoms with E-state index in [0.29, 0.717) is 21.3 Å². The van der Waals surface area contributed by atoms with Gasteiger partial charge >= 0.3 is 6.18 Å². The van der Waals surface area contributed by atoms with E-state index in [0.717, 1.165) is 17.1 Å². The molecule has 0 aliphatic carbocycles. The van der Waals surface area contributed by atoms with Gasteiger partial charge in [0, 0.05) is 5.69 Å². The van der Waals surface area contributed by atoms with Crippen LogP contribution in [0.3, 0.4) is 0 Å². The van der Waals surface area contributed by atoms with Crippen LogP contribution in [0.1, 0.15) is 26.7 Å². The Labute approximate surface area is 167 Å². The topological polar surface area (TPSA) is 88.1 Å². The van der Waals surface area contributed by atoms with Crippen LogP contribution >= 0.6 is 11.3 Å². The maximum absolute atomic E-state index is 12.6. The zero-order valence-electron chi connectivity index (χ0n) is 15.3. The number of carbonyl (C=O) groups is 1. The maximum Gasteiger partial charge on any atom is 0.422 e. The standard InChI is InChI=1S/C19H14F3N3O3S/c1-10-3-5-15(28-10)18-24-11(2)16(29-18)17(26)25-13-4-6-14(12(7-13)8-23)27-9-19(20,21)22/h3-7H,9H2,1-2H3,(H,25,26). The molecular weight excluding hydrogens is 407 g/mol. The number of halogens is 3. The van der Waals surface area contributed by atoms with E-state index in [2.05, 4.69) is 15.0 Å². The molecule has 1 aromatic carbocycles. The van der Waals surface area contributed by atoms with E-state index in [1.165, 1.54) is 18.2 Å². The van der Waals surface area contributed by atoms with Crippen LogP contribution in [0.4, 0.5) is 18.9 Å². The average molecular weight is 421 g/mol. The second kappa shape index (κ2) is 7.97. The number of ether oxygens (including phenoxy) is 1. The van der Waals surface area contributed by atoms with E-state index in [1.54, 1.807) is 32.0 Å². The number of rotatable bonds is 5. The minimum Gasteiger partial charge on any atom is -0.483 e. The van der Waals surface area contributed by atoms with Crippen LogP contribution in [0.25, 0.3) is 10.8 Å². The number of benzene rings is 1. The highest BCUT2D eigenvalue weighted by atomic mass is 32.1. The number of aromatic nitrogens is 1. The molecule has 0 aliphatic heterocycles. The van der Waals surface area contributed by atoms with Crippen LogP contribution < -0.4 is 10.1 Å². The molecule has 150 valence electrons. The number of amides is 1. The molecule has 0 saturated carbocycles. The van der Waals surface area contributed by atoms with Crippen molar-refractivity contribution in [1.29, 1.82) is 5.26 Å². The molecule has 1 N–H and O–H groups in total. The van der Waals surface area contributed by atoms with E-state index in [9.17, 15) is 18.0 Å². The van der Waals surface area contributed by atoms with Gasteiger partial charge in [-0.25, -0.2) is 4.98 Å². The summed E-state index contributed by atoms with van der Waals surface area (Å²) in [7, 11) is 0. The Hall–Kier alpha value is -3.32. The number of hydrogen-bond acceptors (Lipinski definition) is 6. The van der Waals surface area contributed by atoms with Crippen molar-refractivity contribution in [2.75, 3.05) is 11.9 Å². The Kier molecular flexibility index (Phi) is 5.61. The molecule has 0 unspecified atom stereocenters. The predicted octanol–water partition coefficient (Wildman–Crippen LogP) is 5.09. The fourth-order valence-electron chi connectivity index (χ4n) is 2.43. The smallest absolute Gasteiger partial charge is 0.422 e. The summed E-state index contributed by atoms with van der Waals surface area (Å²) in [4.78, 5) is 17.3. The lowest BCUT2D eigenvalue weighted by Crippen LogP contribution is -2.19. The Morgan fingerprint density at radius 3 is 2.69 bits per heavy atom. The van der Waals surface area contributed by atoms with Crippen molar-refractivity contribution in [2.45, 2.75) is 20.0 Å². The van der Waals surface area contributed by atoms with Crippen molar-refractivity contribution in [3.63, 3.8) is 0 Å². The lowest BCUT2D eigenvalue weighted by Gasteiger charge is -2.11. The number of hydrogen-bond donors (Lipinski definition) is 1. The van der Waals surface area contributed by atoms with Crippen LogP contribution in [0, 0.1) is 25.2 Å². The molecule has 0 atom stereocenters. The highest BCUT2D eigenvalue weighted by Crippen LogP contribution is 2.30.